The molecule has 1 saturated carbocycles. The number of methoxy groups -OCH3 is 1. The summed E-state index contributed by atoms with van der Waals surface area (Å²) in [4.78, 5) is 11.2. The van der Waals surface area contributed by atoms with Gasteiger partial charge >= 0.3 is 0 Å². The van der Waals surface area contributed by atoms with E-state index in [1.165, 1.54) is 51.9 Å². The van der Waals surface area contributed by atoms with Crippen molar-refractivity contribution in [3.8, 4) is 5.75 Å². The van der Waals surface area contributed by atoms with Gasteiger partial charge in [-0.1, -0.05) is 32.1 Å². The van der Waals surface area contributed by atoms with Crippen molar-refractivity contribution >= 4 is 17.3 Å². The van der Waals surface area contributed by atoms with Crippen LogP contribution in [0.15, 0.2) is 18.2 Å². The normalized spacial score (nSPS) is 16.7. The highest BCUT2D eigenvalue weighted by atomic mass is 16.5. The van der Waals surface area contributed by atoms with Gasteiger partial charge in [-0.25, -0.2) is 0 Å². The lowest BCUT2D eigenvalue weighted by atomic mass is 9.96. The highest BCUT2D eigenvalue weighted by Gasteiger charge is 2.14. The zero-order valence-corrected chi connectivity index (χ0v) is 13.1. The number of benzene rings is 1. The molecule has 1 aromatic carbocycles. The predicted molar refractivity (Wildman–Crippen MR) is 87.0 cm³/mol. The van der Waals surface area contributed by atoms with Crippen LogP contribution in [0.2, 0.25) is 0 Å². The summed E-state index contributed by atoms with van der Waals surface area (Å²) in [6, 6.07) is 6.21. The average Bonchev–Trinajstić information content (AvgIpc) is 2.41. The summed E-state index contributed by atoms with van der Waals surface area (Å²) < 4.78 is 5.43. The molecule has 1 aliphatic rings. The van der Waals surface area contributed by atoms with E-state index in [1.807, 2.05) is 18.2 Å². The second-order valence-corrected chi connectivity index (χ2v) is 5.78. The quantitative estimate of drug-likeness (QED) is 0.874. The molecular formula is C17H26N2O2. The zero-order chi connectivity index (χ0) is 15.1. The first-order valence-corrected chi connectivity index (χ1v) is 7.91. The Labute approximate surface area is 127 Å². The van der Waals surface area contributed by atoms with E-state index in [1.54, 1.807) is 7.11 Å². The van der Waals surface area contributed by atoms with Crippen LogP contribution in [0.1, 0.15) is 51.9 Å². The maximum atomic E-state index is 11.2. The molecule has 0 saturated heterocycles. The summed E-state index contributed by atoms with van der Waals surface area (Å²) in [5.74, 6) is 0.767. The van der Waals surface area contributed by atoms with Gasteiger partial charge in [-0.05, 0) is 31.0 Å². The van der Waals surface area contributed by atoms with Crippen molar-refractivity contribution in [2.24, 2.45) is 0 Å². The second-order valence-electron chi connectivity index (χ2n) is 5.78. The van der Waals surface area contributed by atoms with Crippen LogP contribution in [0.5, 0.6) is 5.75 Å². The number of hydrogen-bond acceptors (Lipinski definition) is 3. The number of carbonyl (C=O) groups excluding carboxylic acids is 1. The van der Waals surface area contributed by atoms with E-state index >= 15 is 0 Å². The molecule has 4 nitrogen and oxygen atoms in total. The average molecular weight is 290 g/mol. The molecule has 0 aliphatic heterocycles. The molecule has 0 radical (unpaired) electrons. The van der Waals surface area contributed by atoms with E-state index < -0.39 is 0 Å². The fraction of sp³-hybridized carbons (Fsp3) is 0.588. The molecule has 4 heteroatoms. The minimum absolute atomic E-state index is 0.0583. The second kappa shape index (κ2) is 7.91. The Morgan fingerprint density at radius 2 is 1.81 bits per heavy atom. The van der Waals surface area contributed by atoms with Gasteiger partial charge in [0.1, 0.15) is 5.75 Å². The molecule has 0 aromatic heterocycles. The monoisotopic (exact) mass is 290 g/mol. The Hall–Kier alpha value is -1.71. The number of carbonyl (C=O) groups is 1. The Bertz CT molecular complexity index is 466. The third kappa shape index (κ3) is 4.96. The third-order valence-electron chi connectivity index (χ3n) is 3.98. The van der Waals surface area contributed by atoms with Gasteiger partial charge in [0, 0.05) is 18.7 Å². The standard InChI is InChI=1S/C17H26N2O2/c1-13(20)18-15-10-11-17(21-2)16(12-15)19-14-8-6-4-3-5-7-9-14/h10-12,14,19H,3-9H2,1-2H3,(H,18,20). The van der Waals surface area contributed by atoms with Crippen molar-refractivity contribution in [2.75, 3.05) is 17.7 Å². The van der Waals surface area contributed by atoms with Crippen LogP contribution in [-0.2, 0) is 4.79 Å². The lowest BCUT2D eigenvalue weighted by Crippen LogP contribution is -2.21. The van der Waals surface area contributed by atoms with Crippen LogP contribution in [-0.4, -0.2) is 19.1 Å². The van der Waals surface area contributed by atoms with Crippen LogP contribution in [0, 0.1) is 0 Å². The van der Waals surface area contributed by atoms with E-state index in [2.05, 4.69) is 10.6 Å². The minimum atomic E-state index is -0.0583. The summed E-state index contributed by atoms with van der Waals surface area (Å²) in [5, 5.41) is 6.43. The van der Waals surface area contributed by atoms with Gasteiger partial charge in [-0.3, -0.25) is 4.79 Å². The lowest BCUT2D eigenvalue weighted by Gasteiger charge is -2.23. The highest BCUT2D eigenvalue weighted by molar-refractivity contribution is 5.89. The van der Waals surface area contributed by atoms with Crippen molar-refractivity contribution in [3.05, 3.63) is 18.2 Å². The van der Waals surface area contributed by atoms with Crippen LogP contribution in [0.25, 0.3) is 0 Å². The van der Waals surface area contributed by atoms with E-state index in [4.69, 9.17) is 4.74 Å². The molecular weight excluding hydrogens is 264 g/mol. The van der Waals surface area contributed by atoms with Gasteiger partial charge in [-0.15, -0.1) is 0 Å². The Morgan fingerprint density at radius 1 is 1.14 bits per heavy atom. The molecule has 0 unspecified atom stereocenters. The fourth-order valence-electron chi connectivity index (χ4n) is 2.92. The molecule has 0 atom stereocenters. The van der Waals surface area contributed by atoms with Crippen molar-refractivity contribution in [2.45, 2.75) is 57.9 Å². The summed E-state index contributed by atoms with van der Waals surface area (Å²) in [7, 11) is 1.68. The van der Waals surface area contributed by atoms with Gasteiger partial charge in [0.25, 0.3) is 0 Å². The van der Waals surface area contributed by atoms with Crippen molar-refractivity contribution < 1.29 is 9.53 Å². The maximum absolute atomic E-state index is 11.2. The first-order chi connectivity index (χ1) is 10.2. The smallest absolute Gasteiger partial charge is 0.221 e. The summed E-state index contributed by atoms with van der Waals surface area (Å²) >= 11 is 0. The number of ether oxygens (including phenoxy) is 1. The summed E-state index contributed by atoms with van der Waals surface area (Å²) in [5.41, 5.74) is 1.77. The van der Waals surface area contributed by atoms with Gasteiger partial charge in [-0.2, -0.15) is 0 Å². The Morgan fingerprint density at radius 3 is 2.43 bits per heavy atom. The largest absolute Gasteiger partial charge is 0.495 e. The third-order valence-corrected chi connectivity index (χ3v) is 3.98. The molecule has 2 N–H and O–H groups in total. The molecule has 1 aromatic rings. The number of nitrogens with one attached hydrogen (secondary N) is 2. The Balaban J connectivity index is 2.09. The topological polar surface area (TPSA) is 50.4 Å². The molecule has 116 valence electrons. The first kappa shape index (κ1) is 15.7. The first-order valence-electron chi connectivity index (χ1n) is 7.91. The zero-order valence-electron chi connectivity index (χ0n) is 13.1. The summed E-state index contributed by atoms with van der Waals surface area (Å²) in [6.45, 7) is 1.52. The highest BCUT2D eigenvalue weighted by Crippen LogP contribution is 2.30. The predicted octanol–water partition coefficient (Wildman–Crippen LogP) is 4.18. The SMILES string of the molecule is COc1ccc(NC(C)=O)cc1NC1CCCCCCC1. The fourth-order valence-corrected chi connectivity index (χ4v) is 2.92. The molecule has 1 amide bonds. The van der Waals surface area contributed by atoms with E-state index in [9.17, 15) is 4.79 Å². The minimum Gasteiger partial charge on any atom is -0.495 e. The number of anilines is 2. The number of hydrogen-bond donors (Lipinski definition) is 2. The van der Waals surface area contributed by atoms with Crippen molar-refractivity contribution in [1.29, 1.82) is 0 Å². The molecule has 2 rings (SSSR count). The molecule has 0 bridgehead atoms. The van der Waals surface area contributed by atoms with E-state index in [-0.39, 0.29) is 5.91 Å². The Kier molecular flexibility index (Phi) is 5.90. The van der Waals surface area contributed by atoms with Gasteiger partial charge < -0.3 is 15.4 Å². The molecule has 1 aliphatic carbocycles. The van der Waals surface area contributed by atoms with E-state index in [0.29, 0.717) is 6.04 Å². The van der Waals surface area contributed by atoms with Gasteiger partial charge in [0.05, 0.1) is 12.8 Å². The van der Waals surface area contributed by atoms with Gasteiger partial charge in [0.15, 0.2) is 0 Å². The maximum Gasteiger partial charge on any atom is 0.221 e. The van der Waals surface area contributed by atoms with Crippen molar-refractivity contribution in [3.63, 3.8) is 0 Å². The number of amides is 1. The molecule has 0 heterocycles. The molecule has 0 spiro atoms. The van der Waals surface area contributed by atoms with Crippen LogP contribution in [0.4, 0.5) is 11.4 Å². The van der Waals surface area contributed by atoms with Crippen LogP contribution in [0.3, 0.4) is 0 Å². The number of rotatable bonds is 4. The van der Waals surface area contributed by atoms with Crippen LogP contribution < -0.4 is 15.4 Å². The van der Waals surface area contributed by atoms with Gasteiger partial charge in [0.2, 0.25) is 5.91 Å². The van der Waals surface area contributed by atoms with Crippen molar-refractivity contribution in [1.82, 2.24) is 0 Å². The van der Waals surface area contributed by atoms with E-state index in [0.717, 1.165) is 17.1 Å². The summed E-state index contributed by atoms with van der Waals surface area (Å²) in [6.07, 6.45) is 9.01. The molecule has 1 fully saturated rings. The molecule has 21 heavy (non-hydrogen) atoms. The lowest BCUT2D eigenvalue weighted by molar-refractivity contribution is -0.114. The van der Waals surface area contributed by atoms with Crippen LogP contribution >= 0.6 is 0 Å².